The third-order valence-electron chi connectivity index (χ3n) is 2.79. The zero-order valence-corrected chi connectivity index (χ0v) is 9.43. The predicted molar refractivity (Wildman–Crippen MR) is 55.2 cm³/mol. The number of hydrogen-bond acceptors (Lipinski definition) is 3. The van der Waals surface area contributed by atoms with Crippen molar-refractivity contribution in [3.05, 3.63) is 0 Å². The molecule has 0 bridgehead atoms. The van der Waals surface area contributed by atoms with Crippen molar-refractivity contribution in [3.8, 4) is 0 Å². The van der Waals surface area contributed by atoms with Crippen LogP contribution in [0.3, 0.4) is 0 Å². The van der Waals surface area contributed by atoms with Gasteiger partial charge in [-0.1, -0.05) is 0 Å². The zero-order chi connectivity index (χ0) is 12.2. The average molecular weight is 240 g/mol. The summed E-state index contributed by atoms with van der Waals surface area (Å²) in [6.45, 7) is -0.501. The van der Waals surface area contributed by atoms with Gasteiger partial charge in [0.05, 0.1) is 6.54 Å². The molecule has 0 aromatic carbocycles. The lowest BCUT2D eigenvalue weighted by Crippen LogP contribution is -2.45. The maximum Gasteiger partial charge on any atom is 0.401 e. The number of nitrogens with one attached hydrogen (secondary N) is 1. The summed E-state index contributed by atoms with van der Waals surface area (Å²) in [5.74, 6) is 0. The first-order valence-corrected chi connectivity index (χ1v) is 5.55. The molecule has 1 saturated carbocycles. The van der Waals surface area contributed by atoms with E-state index in [4.69, 9.17) is 5.11 Å². The van der Waals surface area contributed by atoms with E-state index in [9.17, 15) is 13.2 Å². The van der Waals surface area contributed by atoms with E-state index in [-0.39, 0.29) is 18.7 Å². The molecule has 0 saturated heterocycles. The minimum atomic E-state index is -4.14. The van der Waals surface area contributed by atoms with E-state index in [2.05, 4.69) is 5.32 Å². The summed E-state index contributed by atoms with van der Waals surface area (Å²) in [6.07, 6.45) is -1.95. The quantitative estimate of drug-likeness (QED) is 0.696. The second kappa shape index (κ2) is 5.84. The van der Waals surface area contributed by atoms with E-state index in [1.54, 1.807) is 7.05 Å². The monoisotopic (exact) mass is 240 g/mol. The molecular weight excluding hydrogens is 221 g/mol. The largest absolute Gasteiger partial charge is 0.401 e. The van der Waals surface area contributed by atoms with E-state index < -0.39 is 12.7 Å². The Morgan fingerprint density at radius 2 is 2.06 bits per heavy atom. The van der Waals surface area contributed by atoms with Crippen LogP contribution in [0.1, 0.15) is 19.3 Å². The zero-order valence-electron chi connectivity index (χ0n) is 9.43. The normalized spacial score (nSPS) is 19.1. The lowest BCUT2D eigenvalue weighted by Gasteiger charge is -2.27. The van der Waals surface area contributed by atoms with Gasteiger partial charge in [0.15, 0.2) is 0 Å². The Bertz CT molecular complexity index is 207. The number of aliphatic hydroxyl groups excluding tert-OH is 1. The van der Waals surface area contributed by atoms with E-state index in [0.717, 1.165) is 12.8 Å². The summed E-state index contributed by atoms with van der Waals surface area (Å²) in [5.41, 5.74) is 0. The summed E-state index contributed by atoms with van der Waals surface area (Å²) in [4.78, 5) is 1.47. The van der Waals surface area contributed by atoms with Crippen molar-refractivity contribution in [2.45, 2.75) is 37.5 Å². The molecule has 3 nitrogen and oxygen atoms in total. The van der Waals surface area contributed by atoms with Gasteiger partial charge in [-0.2, -0.15) is 13.2 Å². The Hall–Kier alpha value is -0.330. The SMILES string of the molecule is CNC(CCO)CN(CC(F)(F)F)C1CC1. The molecule has 0 aromatic rings. The predicted octanol–water partition coefficient (Wildman–Crippen LogP) is 0.984. The van der Waals surface area contributed by atoms with Crippen LogP contribution < -0.4 is 5.32 Å². The van der Waals surface area contributed by atoms with Gasteiger partial charge in [0, 0.05) is 25.2 Å². The molecule has 1 aliphatic carbocycles. The van der Waals surface area contributed by atoms with E-state index >= 15 is 0 Å². The van der Waals surface area contributed by atoms with E-state index in [0.29, 0.717) is 13.0 Å². The van der Waals surface area contributed by atoms with Crippen molar-refractivity contribution < 1.29 is 18.3 Å². The Balaban J connectivity index is 2.43. The van der Waals surface area contributed by atoms with Crippen LogP contribution in [0.15, 0.2) is 0 Å². The highest BCUT2D eigenvalue weighted by Crippen LogP contribution is 2.30. The van der Waals surface area contributed by atoms with Crippen molar-refractivity contribution in [1.82, 2.24) is 10.2 Å². The Morgan fingerprint density at radius 1 is 1.44 bits per heavy atom. The molecule has 1 unspecified atom stereocenters. The van der Waals surface area contributed by atoms with Gasteiger partial charge in [0.2, 0.25) is 0 Å². The third kappa shape index (κ3) is 5.14. The molecule has 16 heavy (non-hydrogen) atoms. The van der Waals surface area contributed by atoms with Crippen molar-refractivity contribution in [2.24, 2.45) is 0 Å². The average Bonchev–Trinajstić information content (AvgIpc) is 2.96. The van der Waals surface area contributed by atoms with Crippen LogP contribution in [0.4, 0.5) is 13.2 Å². The van der Waals surface area contributed by atoms with Gasteiger partial charge >= 0.3 is 6.18 Å². The molecule has 1 atom stereocenters. The molecular formula is C10H19F3N2O. The smallest absolute Gasteiger partial charge is 0.396 e. The molecule has 0 radical (unpaired) electrons. The highest BCUT2D eigenvalue weighted by Gasteiger charge is 2.38. The number of nitrogens with zero attached hydrogens (tertiary/aromatic N) is 1. The van der Waals surface area contributed by atoms with Crippen molar-refractivity contribution >= 4 is 0 Å². The topological polar surface area (TPSA) is 35.5 Å². The highest BCUT2D eigenvalue weighted by molar-refractivity contribution is 4.87. The van der Waals surface area contributed by atoms with Gasteiger partial charge in [0.1, 0.15) is 0 Å². The fourth-order valence-electron chi connectivity index (χ4n) is 1.78. The lowest BCUT2D eigenvalue weighted by atomic mass is 10.2. The molecule has 1 fully saturated rings. The molecule has 2 N–H and O–H groups in total. The van der Waals surface area contributed by atoms with Crippen molar-refractivity contribution in [2.75, 3.05) is 26.7 Å². The second-order valence-electron chi connectivity index (χ2n) is 4.27. The van der Waals surface area contributed by atoms with Crippen LogP contribution in [-0.2, 0) is 0 Å². The minimum Gasteiger partial charge on any atom is -0.396 e. The number of alkyl halides is 3. The number of rotatable bonds is 7. The first kappa shape index (κ1) is 13.7. The fourth-order valence-corrected chi connectivity index (χ4v) is 1.78. The molecule has 6 heteroatoms. The van der Waals surface area contributed by atoms with Crippen LogP contribution in [-0.4, -0.2) is 55.0 Å². The van der Waals surface area contributed by atoms with Crippen LogP contribution in [0.2, 0.25) is 0 Å². The number of aliphatic hydroxyl groups is 1. The van der Waals surface area contributed by atoms with Gasteiger partial charge in [-0.05, 0) is 26.3 Å². The highest BCUT2D eigenvalue weighted by atomic mass is 19.4. The van der Waals surface area contributed by atoms with Crippen LogP contribution in [0, 0.1) is 0 Å². The summed E-state index contributed by atoms with van der Waals surface area (Å²) < 4.78 is 37.0. The van der Waals surface area contributed by atoms with Crippen LogP contribution >= 0.6 is 0 Å². The van der Waals surface area contributed by atoms with Gasteiger partial charge < -0.3 is 10.4 Å². The number of halogens is 3. The van der Waals surface area contributed by atoms with E-state index in [1.807, 2.05) is 0 Å². The minimum absolute atomic E-state index is 0.00394. The summed E-state index contributed by atoms with van der Waals surface area (Å²) in [6, 6.07) is 0.00381. The molecule has 0 heterocycles. The fraction of sp³-hybridized carbons (Fsp3) is 1.00. The molecule has 0 amide bonds. The Kier molecular flexibility index (Phi) is 5.01. The maximum absolute atomic E-state index is 12.3. The van der Waals surface area contributed by atoms with E-state index in [1.165, 1.54) is 4.90 Å². The standard InChI is InChI=1S/C10H19F3N2O/c1-14-8(4-5-16)6-15(9-2-3-9)7-10(11,12)13/h8-9,14,16H,2-7H2,1H3. The molecule has 1 rings (SSSR count). The van der Waals surface area contributed by atoms with Crippen LogP contribution in [0.5, 0.6) is 0 Å². The molecule has 96 valence electrons. The molecule has 0 aromatic heterocycles. The lowest BCUT2D eigenvalue weighted by molar-refractivity contribution is -0.147. The van der Waals surface area contributed by atoms with Crippen molar-refractivity contribution in [1.29, 1.82) is 0 Å². The first-order valence-electron chi connectivity index (χ1n) is 5.55. The molecule has 0 spiro atoms. The first-order chi connectivity index (χ1) is 7.46. The van der Waals surface area contributed by atoms with Gasteiger partial charge in [0.25, 0.3) is 0 Å². The maximum atomic E-state index is 12.3. The summed E-state index contributed by atoms with van der Waals surface area (Å²) in [7, 11) is 1.71. The van der Waals surface area contributed by atoms with Gasteiger partial charge in [-0.3, -0.25) is 4.90 Å². The van der Waals surface area contributed by atoms with Crippen LogP contribution in [0.25, 0.3) is 0 Å². The summed E-state index contributed by atoms with van der Waals surface area (Å²) >= 11 is 0. The Morgan fingerprint density at radius 3 is 2.44 bits per heavy atom. The van der Waals surface area contributed by atoms with Gasteiger partial charge in [-0.15, -0.1) is 0 Å². The second-order valence-corrected chi connectivity index (χ2v) is 4.27. The third-order valence-corrected chi connectivity index (χ3v) is 2.79. The summed E-state index contributed by atoms with van der Waals surface area (Å²) in [5, 5.41) is 11.7. The van der Waals surface area contributed by atoms with Gasteiger partial charge in [-0.25, -0.2) is 0 Å². The molecule has 1 aliphatic rings. The molecule has 0 aliphatic heterocycles. The number of hydrogen-bond donors (Lipinski definition) is 2. The number of likely N-dealkylation sites (N-methyl/N-ethyl adjacent to an activating group) is 1. The van der Waals surface area contributed by atoms with Crippen molar-refractivity contribution in [3.63, 3.8) is 0 Å². The Labute approximate surface area is 93.6 Å².